The van der Waals surface area contributed by atoms with Crippen LogP contribution in [0.5, 0.6) is 0 Å². The van der Waals surface area contributed by atoms with Crippen LogP contribution in [0.1, 0.15) is 12.0 Å². The number of aryl methyl sites for hydroxylation is 1. The molecule has 1 amide bonds. The van der Waals surface area contributed by atoms with E-state index in [-0.39, 0.29) is 12.5 Å². The number of rotatable bonds is 7. The molecule has 0 heterocycles. The summed E-state index contributed by atoms with van der Waals surface area (Å²) < 4.78 is 0. The van der Waals surface area contributed by atoms with Crippen molar-refractivity contribution in [3.05, 3.63) is 35.9 Å². The summed E-state index contributed by atoms with van der Waals surface area (Å²) in [6.07, 6.45) is 1.01. The van der Waals surface area contributed by atoms with Crippen molar-refractivity contribution in [2.24, 2.45) is 0 Å². The van der Waals surface area contributed by atoms with Gasteiger partial charge in [0.25, 0.3) is 0 Å². The predicted molar refractivity (Wildman–Crippen MR) is 72.9 cm³/mol. The Morgan fingerprint density at radius 1 is 1.26 bits per heavy atom. The van der Waals surface area contributed by atoms with Gasteiger partial charge < -0.3 is 15.3 Å². The van der Waals surface area contributed by atoms with Crippen molar-refractivity contribution in [1.82, 2.24) is 10.2 Å². The van der Waals surface area contributed by atoms with Gasteiger partial charge in [0.15, 0.2) is 0 Å². The molecule has 1 unspecified atom stereocenters. The fourth-order valence-electron chi connectivity index (χ4n) is 1.74. The Kier molecular flexibility index (Phi) is 6.02. The first-order valence-corrected chi connectivity index (χ1v) is 6.20. The third-order valence-corrected chi connectivity index (χ3v) is 2.66. The fourth-order valence-corrected chi connectivity index (χ4v) is 1.74. The zero-order valence-electron chi connectivity index (χ0n) is 11.3. The molecule has 2 N–H and O–H groups in total. The van der Waals surface area contributed by atoms with Crippen molar-refractivity contribution >= 4 is 11.9 Å². The monoisotopic (exact) mass is 264 g/mol. The van der Waals surface area contributed by atoms with Crippen molar-refractivity contribution in [2.75, 3.05) is 20.6 Å². The van der Waals surface area contributed by atoms with Crippen molar-refractivity contribution < 1.29 is 14.7 Å². The lowest BCUT2D eigenvalue weighted by Crippen LogP contribution is -2.44. The van der Waals surface area contributed by atoms with Crippen molar-refractivity contribution in [2.45, 2.75) is 18.9 Å². The van der Waals surface area contributed by atoms with Gasteiger partial charge in [-0.15, -0.1) is 0 Å². The van der Waals surface area contributed by atoms with Gasteiger partial charge in [0.05, 0.1) is 6.54 Å². The number of carboxylic acids is 1. The number of carboxylic acid groups (broad SMARTS) is 1. The van der Waals surface area contributed by atoms with E-state index in [0.717, 1.165) is 5.56 Å². The Hall–Kier alpha value is -1.88. The van der Waals surface area contributed by atoms with Crippen LogP contribution in [0, 0.1) is 0 Å². The Morgan fingerprint density at radius 2 is 1.89 bits per heavy atom. The van der Waals surface area contributed by atoms with Crippen molar-refractivity contribution in [3.8, 4) is 0 Å². The van der Waals surface area contributed by atoms with Crippen LogP contribution in [-0.2, 0) is 16.0 Å². The average molecular weight is 264 g/mol. The molecule has 0 radical (unpaired) electrons. The molecule has 1 atom stereocenters. The predicted octanol–water partition coefficient (Wildman–Crippen LogP) is 0.750. The number of hydrogen-bond acceptors (Lipinski definition) is 3. The van der Waals surface area contributed by atoms with Crippen LogP contribution in [0.3, 0.4) is 0 Å². The fraction of sp³-hybridized carbons (Fsp3) is 0.429. The zero-order chi connectivity index (χ0) is 14.3. The maximum atomic E-state index is 11.6. The number of benzene rings is 1. The Balaban J connectivity index is 2.49. The topological polar surface area (TPSA) is 69.6 Å². The Labute approximate surface area is 113 Å². The number of carbonyl (C=O) groups excluding carboxylic acids is 1. The highest BCUT2D eigenvalue weighted by Crippen LogP contribution is 2.05. The summed E-state index contributed by atoms with van der Waals surface area (Å²) in [6.45, 7) is 0.190. The molecule has 0 aliphatic heterocycles. The highest BCUT2D eigenvalue weighted by atomic mass is 16.4. The summed E-state index contributed by atoms with van der Waals surface area (Å²) in [4.78, 5) is 24.4. The van der Waals surface area contributed by atoms with E-state index in [1.54, 1.807) is 19.0 Å². The molecule has 0 aliphatic carbocycles. The second-order valence-electron chi connectivity index (χ2n) is 4.72. The zero-order valence-corrected chi connectivity index (χ0v) is 11.3. The lowest BCUT2D eigenvalue weighted by Gasteiger charge is -2.16. The van der Waals surface area contributed by atoms with E-state index >= 15 is 0 Å². The summed E-state index contributed by atoms with van der Waals surface area (Å²) in [6, 6.07) is 8.79. The maximum Gasteiger partial charge on any atom is 0.326 e. The lowest BCUT2D eigenvalue weighted by molar-refractivity contribution is -0.142. The number of aliphatic carboxylic acids is 1. The third kappa shape index (κ3) is 6.01. The first kappa shape index (κ1) is 15.2. The molecule has 1 aromatic rings. The van der Waals surface area contributed by atoms with Gasteiger partial charge in [-0.2, -0.15) is 0 Å². The molecular formula is C14H20N2O3. The van der Waals surface area contributed by atoms with Gasteiger partial charge in [-0.1, -0.05) is 30.3 Å². The number of hydrogen-bond donors (Lipinski definition) is 2. The van der Waals surface area contributed by atoms with E-state index in [9.17, 15) is 9.59 Å². The molecule has 1 rings (SSSR count). The van der Waals surface area contributed by atoms with E-state index < -0.39 is 12.0 Å². The molecule has 0 saturated heterocycles. The maximum absolute atomic E-state index is 11.6. The van der Waals surface area contributed by atoms with E-state index in [4.69, 9.17) is 5.11 Å². The van der Waals surface area contributed by atoms with Crippen LogP contribution in [0.4, 0.5) is 0 Å². The van der Waals surface area contributed by atoms with Gasteiger partial charge >= 0.3 is 5.97 Å². The van der Waals surface area contributed by atoms with Gasteiger partial charge in [0.2, 0.25) is 5.91 Å². The number of nitrogens with zero attached hydrogens (tertiary/aromatic N) is 1. The summed E-state index contributed by atoms with van der Waals surface area (Å²) in [7, 11) is 3.53. The number of nitrogens with one attached hydrogen (secondary N) is 1. The number of likely N-dealkylation sites (N-methyl/N-ethyl adjacent to an activating group) is 1. The SMILES string of the molecule is CN(C)CC(=O)NC(CCc1ccccc1)C(=O)O. The van der Waals surface area contributed by atoms with Crippen molar-refractivity contribution in [1.29, 1.82) is 0 Å². The van der Waals surface area contributed by atoms with Crippen LogP contribution < -0.4 is 5.32 Å². The number of amides is 1. The highest BCUT2D eigenvalue weighted by Gasteiger charge is 2.19. The third-order valence-electron chi connectivity index (χ3n) is 2.66. The Morgan fingerprint density at radius 3 is 2.42 bits per heavy atom. The second-order valence-corrected chi connectivity index (χ2v) is 4.72. The van der Waals surface area contributed by atoms with Crippen molar-refractivity contribution in [3.63, 3.8) is 0 Å². The van der Waals surface area contributed by atoms with E-state index in [1.165, 1.54) is 0 Å². The van der Waals surface area contributed by atoms with Crippen LogP contribution in [-0.4, -0.2) is 48.6 Å². The van der Waals surface area contributed by atoms with Gasteiger partial charge in [-0.3, -0.25) is 4.79 Å². The van der Waals surface area contributed by atoms with Crippen LogP contribution in [0.25, 0.3) is 0 Å². The largest absolute Gasteiger partial charge is 0.480 e. The van der Waals surface area contributed by atoms with Crippen LogP contribution in [0.2, 0.25) is 0 Å². The van der Waals surface area contributed by atoms with Gasteiger partial charge in [0, 0.05) is 0 Å². The molecule has 0 fully saturated rings. The highest BCUT2D eigenvalue weighted by molar-refractivity contribution is 5.84. The van der Waals surface area contributed by atoms with E-state index in [1.807, 2.05) is 30.3 Å². The summed E-state index contributed by atoms with van der Waals surface area (Å²) in [5.74, 6) is -1.27. The van der Waals surface area contributed by atoms with Gasteiger partial charge in [-0.05, 0) is 32.5 Å². The first-order valence-electron chi connectivity index (χ1n) is 6.20. The Bertz CT molecular complexity index is 418. The molecule has 0 aliphatic rings. The van der Waals surface area contributed by atoms with Crippen LogP contribution >= 0.6 is 0 Å². The standard InChI is InChI=1S/C14H20N2O3/c1-16(2)10-13(17)15-12(14(18)19)9-8-11-6-4-3-5-7-11/h3-7,12H,8-10H2,1-2H3,(H,15,17)(H,18,19). The van der Waals surface area contributed by atoms with Gasteiger partial charge in [0.1, 0.15) is 6.04 Å². The molecule has 19 heavy (non-hydrogen) atoms. The summed E-state index contributed by atoms with van der Waals surface area (Å²) >= 11 is 0. The van der Waals surface area contributed by atoms with E-state index in [0.29, 0.717) is 12.8 Å². The molecule has 104 valence electrons. The minimum atomic E-state index is -0.997. The molecular weight excluding hydrogens is 244 g/mol. The molecule has 1 aromatic carbocycles. The van der Waals surface area contributed by atoms with Gasteiger partial charge in [-0.25, -0.2) is 4.79 Å². The molecule has 0 spiro atoms. The number of carbonyl (C=O) groups is 2. The minimum absolute atomic E-state index is 0.190. The molecule has 5 heteroatoms. The van der Waals surface area contributed by atoms with E-state index in [2.05, 4.69) is 5.32 Å². The summed E-state index contributed by atoms with van der Waals surface area (Å²) in [5, 5.41) is 11.6. The van der Waals surface area contributed by atoms with Crippen LogP contribution in [0.15, 0.2) is 30.3 Å². The lowest BCUT2D eigenvalue weighted by atomic mass is 10.1. The molecule has 0 bridgehead atoms. The smallest absolute Gasteiger partial charge is 0.326 e. The quantitative estimate of drug-likeness (QED) is 0.762. The summed E-state index contributed by atoms with van der Waals surface area (Å²) in [5.41, 5.74) is 1.07. The first-order chi connectivity index (χ1) is 8.99. The minimum Gasteiger partial charge on any atom is -0.480 e. The second kappa shape index (κ2) is 7.53. The average Bonchev–Trinajstić information content (AvgIpc) is 2.34. The normalized spacial score (nSPS) is 12.2. The molecule has 5 nitrogen and oxygen atoms in total. The molecule has 0 saturated carbocycles. The molecule has 0 aromatic heterocycles.